The molecule has 0 radical (unpaired) electrons. The van der Waals surface area contributed by atoms with Crippen molar-refractivity contribution < 1.29 is 9.47 Å². The molecule has 1 aliphatic rings. The first-order valence-electron chi connectivity index (χ1n) is 6.19. The van der Waals surface area contributed by atoms with E-state index in [1.807, 2.05) is 6.92 Å². The SMILES string of the molecule is CCCNc1nc(C2COCCO2)nc(C)c1I. The predicted molar refractivity (Wildman–Crippen MR) is 77.8 cm³/mol. The molecular formula is C12H18IN3O2. The fourth-order valence-corrected chi connectivity index (χ4v) is 2.15. The third-order valence-electron chi connectivity index (χ3n) is 2.68. The molecule has 0 aromatic carbocycles. The molecular weight excluding hydrogens is 345 g/mol. The average Bonchev–Trinajstić information content (AvgIpc) is 2.41. The Labute approximate surface area is 121 Å². The van der Waals surface area contributed by atoms with Gasteiger partial charge in [-0.1, -0.05) is 6.92 Å². The summed E-state index contributed by atoms with van der Waals surface area (Å²) < 4.78 is 12.1. The van der Waals surface area contributed by atoms with E-state index in [9.17, 15) is 0 Å². The first-order chi connectivity index (χ1) is 8.72. The van der Waals surface area contributed by atoms with Crippen molar-refractivity contribution in [3.63, 3.8) is 0 Å². The van der Waals surface area contributed by atoms with Gasteiger partial charge in [-0.3, -0.25) is 0 Å². The zero-order chi connectivity index (χ0) is 13.0. The van der Waals surface area contributed by atoms with Crippen molar-refractivity contribution in [3.8, 4) is 0 Å². The van der Waals surface area contributed by atoms with E-state index in [1.165, 1.54) is 0 Å². The van der Waals surface area contributed by atoms with Gasteiger partial charge in [-0.15, -0.1) is 0 Å². The van der Waals surface area contributed by atoms with Crippen LogP contribution in [0.3, 0.4) is 0 Å². The summed E-state index contributed by atoms with van der Waals surface area (Å²) in [6.45, 7) is 6.83. The van der Waals surface area contributed by atoms with Crippen LogP contribution in [-0.4, -0.2) is 36.3 Å². The Kier molecular flexibility index (Phi) is 5.13. The molecule has 1 fully saturated rings. The van der Waals surface area contributed by atoms with E-state index in [4.69, 9.17) is 9.47 Å². The van der Waals surface area contributed by atoms with Crippen LogP contribution in [-0.2, 0) is 9.47 Å². The number of hydrogen-bond acceptors (Lipinski definition) is 5. The molecule has 1 saturated heterocycles. The van der Waals surface area contributed by atoms with Gasteiger partial charge in [0.05, 0.1) is 29.1 Å². The van der Waals surface area contributed by atoms with E-state index < -0.39 is 0 Å². The third kappa shape index (κ3) is 3.30. The van der Waals surface area contributed by atoms with Crippen molar-refractivity contribution >= 4 is 28.4 Å². The second-order valence-electron chi connectivity index (χ2n) is 4.19. The summed E-state index contributed by atoms with van der Waals surface area (Å²) in [6.07, 6.45) is 0.925. The summed E-state index contributed by atoms with van der Waals surface area (Å²) in [7, 11) is 0. The van der Waals surface area contributed by atoms with Crippen LogP contribution in [0.1, 0.15) is 31.0 Å². The van der Waals surface area contributed by atoms with Gasteiger partial charge in [0.2, 0.25) is 0 Å². The highest BCUT2D eigenvalue weighted by atomic mass is 127. The molecule has 0 saturated carbocycles. The normalized spacial score (nSPS) is 19.8. The highest BCUT2D eigenvalue weighted by Gasteiger charge is 2.21. The van der Waals surface area contributed by atoms with Crippen LogP contribution >= 0.6 is 22.6 Å². The van der Waals surface area contributed by atoms with Crippen LogP contribution in [0.15, 0.2) is 0 Å². The van der Waals surface area contributed by atoms with Gasteiger partial charge in [-0.05, 0) is 35.9 Å². The maximum Gasteiger partial charge on any atom is 0.162 e. The van der Waals surface area contributed by atoms with Gasteiger partial charge in [0.1, 0.15) is 11.9 Å². The zero-order valence-corrected chi connectivity index (χ0v) is 12.9. The van der Waals surface area contributed by atoms with E-state index in [0.29, 0.717) is 25.6 Å². The van der Waals surface area contributed by atoms with Crippen LogP contribution in [0.5, 0.6) is 0 Å². The molecule has 1 aromatic heterocycles. The van der Waals surface area contributed by atoms with E-state index in [1.54, 1.807) is 0 Å². The molecule has 1 N–H and O–H groups in total. The van der Waals surface area contributed by atoms with Crippen LogP contribution in [0.4, 0.5) is 5.82 Å². The van der Waals surface area contributed by atoms with Gasteiger partial charge in [-0.2, -0.15) is 0 Å². The zero-order valence-electron chi connectivity index (χ0n) is 10.7. The van der Waals surface area contributed by atoms with Crippen LogP contribution in [0.25, 0.3) is 0 Å². The lowest BCUT2D eigenvalue weighted by molar-refractivity contribution is -0.0935. The number of ether oxygens (including phenoxy) is 2. The quantitative estimate of drug-likeness (QED) is 0.832. The summed E-state index contributed by atoms with van der Waals surface area (Å²) in [5, 5.41) is 3.33. The largest absolute Gasteiger partial charge is 0.376 e. The lowest BCUT2D eigenvalue weighted by Gasteiger charge is -2.22. The second-order valence-corrected chi connectivity index (χ2v) is 5.27. The standard InChI is InChI=1S/C12H18IN3O2/c1-3-4-14-12-10(13)8(2)15-11(16-12)9-7-17-5-6-18-9/h9H,3-7H2,1-2H3,(H,14,15,16). The highest BCUT2D eigenvalue weighted by Crippen LogP contribution is 2.24. The average molecular weight is 363 g/mol. The van der Waals surface area contributed by atoms with Gasteiger partial charge in [0.25, 0.3) is 0 Å². The summed E-state index contributed by atoms with van der Waals surface area (Å²) in [4.78, 5) is 9.06. The van der Waals surface area contributed by atoms with E-state index in [0.717, 1.165) is 28.0 Å². The molecule has 1 aliphatic heterocycles. The summed E-state index contributed by atoms with van der Waals surface area (Å²) >= 11 is 2.27. The Morgan fingerprint density at radius 3 is 2.89 bits per heavy atom. The van der Waals surface area contributed by atoms with Crippen molar-refractivity contribution in [1.29, 1.82) is 0 Å². The minimum Gasteiger partial charge on any atom is -0.376 e. The van der Waals surface area contributed by atoms with Crippen LogP contribution < -0.4 is 5.32 Å². The molecule has 1 atom stereocenters. The minimum absolute atomic E-state index is 0.142. The predicted octanol–water partition coefficient (Wildman–Crippen LogP) is 2.30. The number of rotatable bonds is 4. The first kappa shape index (κ1) is 14.0. The van der Waals surface area contributed by atoms with Crippen molar-refractivity contribution in [2.75, 3.05) is 31.7 Å². The molecule has 6 heteroatoms. The number of aryl methyl sites for hydroxylation is 1. The Morgan fingerprint density at radius 2 is 2.22 bits per heavy atom. The van der Waals surface area contributed by atoms with Crippen LogP contribution in [0, 0.1) is 10.5 Å². The number of hydrogen-bond donors (Lipinski definition) is 1. The fourth-order valence-electron chi connectivity index (χ4n) is 1.72. The number of halogens is 1. The molecule has 0 bridgehead atoms. The maximum absolute atomic E-state index is 5.64. The van der Waals surface area contributed by atoms with Crippen LogP contribution in [0.2, 0.25) is 0 Å². The van der Waals surface area contributed by atoms with E-state index >= 15 is 0 Å². The Bertz CT molecular complexity index is 409. The Hall–Kier alpha value is -0.470. The molecule has 100 valence electrons. The topological polar surface area (TPSA) is 56.3 Å². The fraction of sp³-hybridized carbons (Fsp3) is 0.667. The molecule has 0 amide bonds. The molecule has 0 aliphatic carbocycles. The van der Waals surface area contributed by atoms with Crippen molar-refractivity contribution in [1.82, 2.24) is 9.97 Å². The van der Waals surface area contributed by atoms with Crippen molar-refractivity contribution in [3.05, 3.63) is 15.1 Å². The highest BCUT2D eigenvalue weighted by molar-refractivity contribution is 14.1. The van der Waals surface area contributed by atoms with Crippen molar-refractivity contribution in [2.24, 2.45) is 0 Å². The minimum atomic E-state index is -0.142. The van der Waals surface area contributed by atoms with Gasteiger partial charge in [0.15, 0.2) is 5.82 Å². The smallest absolute Gasteiger partial charge is 0.162 e. The maximum atomic E-state index is 5.64. The van der Waals surface area contributed by atoms with E-state index in [-0.39, 0.29) is 6.10 Å². The lowest BCUT2D eigenvalue weighted by atomic mass is 10.3. The summed E-state index contributed by atoms with van der Waals surface area (Å²) in [6, 6.07) is 0. The Morgan fingerprint density at radius 1 is 1.39 bits per heavy atom. The van der Waals surface area contributed by atoms with Gasteiger partial charge in [0, 0.05) is 6.54 Å². The van der Waals surface area contributed by atoms with Crippen molar-refractivity contribution in [2.45, 2.75) is 26.4 Å². The Balaban J connectivity index is 2.22. The molecule has 1 aromatic rings. The monoisotopic (exact) mass is 363 g/mol. The summed E-state index contributed by atoms with van der Waals surface area (Å²) in [5.74, 6) is 1.61. The number of aromatic nitrogens is 2. The molecule has 18 heavy (non-hydrogen) atoms. The lowest BCUT2D eigenvalue weighted by Crippen LogP contribution is -2.24. The number of nitrogens with zero attached hydrogens (tertiary/aromatic N) is 2. The third-order valence-corrected chi connectivity index (χ3v) is 3.97. The second kappa shape index (κ2) is 6.63. The molecule has 5 nitrogen and oxygen atoms in total. The number of anilines is 1. The molecule has 2 heterocycles. The van der Waals surface area contributed by atoms with E-state index in [2.05, 4.69) is 44.8 Å². The molecule has 2 rings (SSSR count). The summed E-state index contributed by atoms with van der Waals surface area (Å²) in [5.41, 5.74) is 0.980. The van der Waals surface area contributed by atoms with Gasteiger partial charge >= 0.3 is 0 Å². The first-order valence-corrected chi connectivity index (χ1v) is 7.27. The number of nitrogens with one attached hydrogen (secondary N) is 1. The van der Waals surface area contributed by atoms with Gasteiger partial charge < -0.3 is 14.8 Å². The van der Waals surface area contributed by atoms with Gasteiger partial charge in [-0.25, -0.2) is 9.97 Å². The molecule has 0 spiro atoms. The molecule has 1 unspecified atom stereocenters.